The zero-order valence-electron chi connectivity index (χ0n) is 14.3. The van der Waals surface area contributed by atoms with E-state index in [-0.39, 0.29) is 35.7 Å². The van der Waals surface area contributed by atoms with E-state index in [0.29, 0.717) is 0 Å². The molecule has 7 heteroatoms. The van der Waals surface area contributed by atoms with Crippen molar-refractivity contribution in [2.75, 3.05) is 7.05 Å². The van der Waals surface area contributed by atoms with Gasteiger partial charge in [0.15, 0.2) is 0 Å². The maximum Gasteiger partial charge on any atom is 0.407 e. The Balaban J connectivity index is 1.79. The number of alkyl carbamates (subject to hydrolysis) is 1. The van der Waals surface area contributed by atoms with Gasteiger partial charge in [-0.05, 0) is 46.5 Å². The zero-order valence-corrected chi connectivity index (χ0v) is 14.3. The quantitative estimate of drug-likeness (QED) is 0.716. The Hall–Kier alpha value is -1.79. The van der Waals surface area contributed by atoms with Crippen LogP contribution < -0.4 is 16.0 Å². The number of ether oxygens (including phenoxy) is 1. The van der Waals surface area contributed by atoms with Gasteiger partial charge in [0, 0.05) is 19.1 Å². The van der Waals surface area contributed by atoms with Gasteiger partial charge >= 0.3 is 6.09 Å². The van der Waals surface area contributed by atoms with E-state index in [0.717, 1.165) is 25.7 Å². The third-order valence-electron chi connectivity index (χ3n) is 4.50. The Kier molecular flexibility index (Phi) is 5.16. The molecule has 0 spiro atoms. The molecule has 23 heavy (non-hydrogen) atoms. The molecule has 0 saturated heterocycles. The molecule has 4 atom stereocenters. The van der Waals surface area contributed by atoms with E-state index < -0.39 is 11.7 Å². The van der Waals surface area contributed by atoms with Gasteiger partial charge in [-0.15, -0.1) is 0 Å². The molecule has 0 heterocycles. The Morgan fingerprint density at radius 2 is 1.39 bits per heavy atom. The number of hydrogen-bond acceptors (Lipinski definition) is 4. The van der Waals surface area contributed by atoms with Gasteiger partial charge in [0.1, 0.15) is 5.60 Å². The summed E-state index contributed by atoms with van der Waals surface area (Å²) in [6.45, 7) is 5.40. The van der Waals surface area contributed by atoms with E-state index in [4.69, 9.17) is 4.74 Å². The third-order valence-corrected chi connectivity index (χ3v) is 4.50. The van der Waals surface area contributed by atoms with Crippen molar-refractivity contribution in [3.63, 3.8) is 0 Å². The van der Waals surface area contributed by atoms with Gasteiger partial charge in [-0.2, -0.15) is 0 Å². The zero-order chi connectivity index (χ0) is 17.2. The lowest BCUT2D eigenvalue weighted by molar-refractivity contribution is -0.133. The van der Waals surface area contributed by atoms with Gasteiger partial charge in [0.25, 0.3) is 0 Å². The number of nitrogens with one attached hydrogen (secondary N) is 3. The van der Waals surface area contributed by atoms with Crippen molar-refractivity contribution in [1.29, 1.82) is 0 Å². The van der Waals surface area contributed by atoms with E-state index in [9.17, 15) is 14.4 Å². The molecular weight excluding hydrogens is 298 g/mol. The van der Waals surface area contributed by atoms with Crippen LogP contribution in [0.2, 0.25) is 0 Å². The van der Waals surface area contributed by atoms with E-state index in [1.54, 1.807) is 27.8 Å². The molecule has 0 radical (unpaired) electrons. The summed E-state index contributed by atoms with van der Waals surface area (Å²) in [5.74, 6) is -0.496. The number of carbonyl (C=O) groups excluding carboxylic acids is 3. The normalized spacial score (nSPS) is 29.6. The first-order chi connectivity index (χ1) is 10.7. The molecule has 2 fully saturated rings. The second-order valence-corrected chi connectivity index (χ2v) is 7.35. The summed E-state index contributed by atoms with van der Waals surface area (Å²) in [4.78, 5) is 35.8. The van der Waals surface area contributed by atoms with E-state index in [1.807, 2.05) is 0 Å². The fraction of sp³-hybridized carbons (Fsp3) is 0.812. The van der Waals surface area contributed by atoms with Crippen LogP contribution in [0.4, 0.5) is 4.79 Å². The van der Waals surface area contributed by atoms with Crippen LogP contribution in [-0.2, 0) is 14.3 Å². The van der Waals surface area contributed by atoms with Gasteiger partial charge in [0.05, 0.1) is 11.8 Å². The predicted octanol–water partition coefficient (Wildman–Crippen LogP) is 0.930. The smallest absolute Gasteiger partial charge is 0.407 e. The van der Waals surface area contributed by atoms with Crippen molar-refractivity contribution >= 4 is 17.9 Å². The molecule has 2 rings (SSSR count). The van der Waals surface area contributed by atoms with E-state index in [1.165, 1.54) is 0 Å². The first-order valence-corrected chi connectivity index (χ1v) is 8.22. The fourth-order valence-corrected chi connectivity index (χ4v) is 2.91. The summed E-state index contributed by atoms with van der Waals surface area (Å²) < 4.78 is 5.21. The van der Waals surface area contributed by atoms with Crippen LogP contribution in [0, 0.1) is 11.8 Å². The predicted molar refractivity (Wildman–Crippen MR) is 84.6 cm³/mol. The first-order valence-electron chi connectivity index (χ1n) is 8.22. The molecule has 0 aliphatic heterocycles. The van der Waals surface area contributed by atoms with Crippen LogP contribution in [0.1, 0.15) is 46.5 Å². The summed E-state index contributed by atoms with van der Waals surface area (Å²) >= 11 is 0. The summed E-state index contributed by atoms with van der Waals surface area (Å²) in [7, 11) is 1.60. The summed E-state index contributed by atoms with van der Waals surface area (Å²) in [6.07, 6.45) is 2.63. The lowest BCUT2D eigenvalue weighted by atomic mass is 9.76. The van der Waals surface area contributed by atoms with E-state index >= 15 is 0 Å². The number of hydrogen-bond donors (Lipinski definition) is 3. The molecule has 0 aromatic heterocycles. The highest BCUT2D eigenvalue weighted by atomic mass is 16.6. The van der Waals surface area contributed by atoms with E-state index in [2.05, 4.69) is 16.0 Å². The second kappa shape index (κ2) is 6.76. The highest BCUT2D eigenvalue weighted by molar-refractivity contribution is 5.84. The fourth-order valence-electron chi connectivity index (χ4n) is 2.91. The molecule has 2 aliphatic rings. The Morgan fingerprint density at radius 1 is 0.870 bits per heavy atom. The Labute approximate surface area is 136 Å². The average molecular weight is 325 g/mol. The monoisotopic (exact) mass is 325 g/mol. The molecule has 0 aromatic rings. The molecule has 130 valence electrons. The Bertz CT molecular complexity index is 486. The first kappa shape index (κ1) is 17.6. The number of carbonyl (C=O) groups is 3. The minimum atomic E-state index is -0.557. The Morgan fingerprint density at radius 3 is 1.83 bits per heavy atom. The van der Waals surface area contributed by atoms with Crippen LogP contribution >= 0.6 is 0 Å². The molecule has 7 nitrogen and oxygen atoms in total. The van der Waals surface area contributed by atoms with Crippen molar-refractivity contribution in [3.05, 3.63) is 0 Å². The van der Waals surface area contributed by atoms with Crippen LogP contribution in [0.5, 0.6) is 0 Å². The van der Waals surface area contributed by atoms with Crippen molar-refractivity contribution in [2.45, 2.75) is 64.1 Å². The minimum Gasteiger partial charge on any atom is -0.444 e. The van der Waals surface area contributed by atoms with Gasteiger partial charge in [-0.1, -0.05) is 0 Å². The van der Waals surface area contributed by atoms with Crippen molar-refractivity contribution < 1.29 is 19.1 Å². The molecule has 0 bridgehead atoms. The second-order valence-electron chi connectivity index (χ2n) is 7.35. The number of amides is 3. The number of rotatable bonds is 4. The molecule has 3 N–H and O–H groups in total. The van der Waals surface area contributed by atoms with Crippen molar-refractivity contribution in [3.8, 4) is 0 Å². The molecule has 0 unspecified atom stereocenters. The van der Waals surface area contributed by atoms with Crippen LogP contribution in [0.25, 0.3) is 0 Å². The molecule has 2 saturated carbocycles. The van der Waals surface area contributed by atoms with Crippen molar-refractivity contribution in [1.82, 2.24) is 16.0 Å². The highest BCUT2D eigenvalue weighted by Gasteiger charge is 2.42. The van der Waals surface area contributed by atoms with Crippen LogP contribution in [0.3, 0.4) is 0 Å². The largest absolute Gasteiger partial charge is 0.444 e. The topological polar surface area (TPSA) is 96.5 Å². The molecule has 2 aliphatic carbocycles. The molecule has 0 aromatic carbocycles. The summed E-state index contributed by atoms with van der Waals surface area (Å²) in [5.41, 5.74) is -0.557. The highest BCUT2D eigenvalue weighted by Crippen LogP contribution is 2.31. The van der Waals surface area contributed by atoms with Gasteiger partial charge in [0.2, 0.25) is 11.8 Å². The van der Waals surface area contributed by atoms with Gasteiger partial charge in [-0.25, -0.2) is 4.79 Å². The standard InChI is InChI=1S/C16H27N3O4/c1-16(2,3)23-15(22)19-12-8-6-10(12)14(21)18-11-7-5-9(11)13(20)17-4/h9-12H,5-8H2,1-4H3,(H,17,20)(H,18,21)(H,19,22)/t9-,10-,11-,12+/m0/s1. The van der Waals surface area contributed by atoms with Gasteiger partial charge in [-0.3, -0.25) is 9.59 Å². The summed E-state index contributed by atoms with van der Waals surface area (Å²) in [6, 6.07) is -0.284. The van der Waals surface area contributed by atoms with Crippen LogP contribution in [0.15, 0.2) is 0 Å². The average Bonchev–Trinajstić information content (AvgIpc) is 2.37. The van der Waals surface area contributed by atoms with Crippen LogP contribution in [-0.4, -0.2) is 42.6 Å². The SMILES string of the molecule is CNC(=O)[C@H]1CC[C@@H]1NC(=O)[C@H]1CC[C@H]1NC(=O)OC(C)(C)C. The van der Waals surface area contributed by atoms with Gasteiger partial charge < -0.3 is 20.7 Å². The van der Waals surface area contributed by atoms with Crippen molar-refractivity contribution in [2.24, 2.45) is 11.8 Å². The molecule has 3 amide bonds. The minimum absolute atomic E-state index is 0.0291. The lowest BCUT2D eigenvalue weighted by Gasteiger charge is -2.40. The maximum absolute atomic E-state index is 12.3. The summed E-state index contributed by atoms with van der Waals surface area (Å²) in [5, 5.41) is 8.32. The third kappa shape index (κ3) is 4.36. The molecular formula is C16H27N3O4. The lowest BCUT2D eigenvalue weighted by Crippen LogP contribution is -2.58. The maximum atomic E-state index is 12.3.